The number of para-hydroxylation sites is 1. The lowest BCUT2D eigenvalue weighted by Crippen LogP contribution is -2.14. The number of rotatable bonds is 5. The Kier molecular flexibility index (Phi) is 5.54. The number of carbonyl (C=O) groups is 2. The van der Waals surface area contributed by atoms with Crippen LogP contribution in [0.25, 0.3) is 0 Å². The fraction of sp³-hybridized carbons (Fsp3) is 0.0526. The predicted octanol–water partition coefficient (Wildman–Crippen LogP) is 3.71. The van der Waals surface area contributed by atoms with Crippen LogP contribution in [0.4, 0.5) is 31.7 Å². The summed E-state index contributed by atoms with van der Waals surface area (Å²) in [5, 5.41) is 7.74. The van der Waals surface area contributed by atoms with Gasteiger partial charge in [0.2, 0.25) is 5.91 Å². The van der Waals surface area contributed by atoms with Crippen molar-refractivity contribution in [3.8, 4) is 0 Å². The van der Waals surface area contributed by atoms with Gasteiger partial charge in [0.1, 0.15) is 28.8 Å². The number of anilines is 4. The van der Waals surface area contributed by atoms with Crippen molar-refractivity contribution in [3.63, 3.8) is 0 Å². The Hall–Kier alpha value is -3.88. The minimum Gasteiger partial charge on any atom is -0.334 e. The second-order valence-corrected chi connectivity index (χ2v) is 5.72. The average molecular weight is 383 g/mol. The first-order chi connectivity index (χ1) is 13.4. The van der Waals surface area contributed by atoms with E-state index in [9.17, 15) is 18.4 Å². The molecule has 3 N–H and O–H groups in total. The minimum absolute atomic E-state index is 0.0190. The summed E-state index contributed by atoms with van der Waals surface area (Å²) < 4.78 is 27.3. The van der Waals surface area contributed by atoms with Crippen LogP contribution in [0.15, 0.2) is 54.9 Å². The Morgan fingerprint density at radius 1 is 0.857 bits per heavy atom. The van der Waals surface area contributed by atoms with Crippen LogP contribution in [0.2, 0.25) is 0 Å². The predicted molar refractivity (Wildman–Crippen MR) is 100 cm³/mol. The number of halogens is 2. The van der Waals surface area contributed by atoms with Gasteiger partial charge >= 0.3 is 0 Å². The van der Waals surface area contributed by atoms with E-state index < -0.39 is 17.5 Å². The van der Waals surface area contributed by atoms with Crippen molar-refractivity contribution in [1.29, 1.82) is 0 Å². The van der Waals surface area contributed by atoms with E-state index in [1.165, 1.54) is 25.4 Å². The van der Waals surface area contributed by atoms with Gasteiger partial charge in [-0.1, -0.05) is 6.07 Å². The third-order valence-corrected chi connectivity index (χ3v) is 3.56. The summed E-state index contributed by atoms with van der Waals surface area (Å²) in [5.74, 6) is -2.17. The maximum absolute atomic E-state index is 13.6. The van der Waals surface area contributed by atoms with Crippen LogP contribution in [0.3, 0.4) is 0 Å². The van der Waals surface area contributed by atoms with Gasteiger partial charge in [-0.2, -0.15) is 0 Å². The molecule has 0 saturated carbocycles. The van der Waals surface area contributed by atoms with Crippen molar-refractivity contribution in [2.45, 2.75) is 6.92 Å². The number of hydrogen-bond acceptors (Lipinski definition) is 5. The van der Waals surface area contributed by atoms with Crippen LogP contribution in [0, 0.1) is 11.6 Å². The molecule has 0 aliphatic rings. The van der Waals surface area contributed by atoms with E-state index in [2.05, 4.69) is 25.9 Å². The van der Waals surface area contributed by atoms with Gasteiger partial charge in [-0.05, 0) is 36.4 Å². The van der Waals surface area contributed by atoms with Gasteiger partial charge in [0.05, 0.1) is 12.4 Å². The first kappa shape index (κ1) is 18.9. The molecule has 142 valence electrons. The Labute approximate surface area is 158 Å². The number of carbonyl (C=O) groups excluding carboxylic acids is 2. The lowest BCUT2D eigenvalue weighted by molar-refractivity contribution is -0.114. The molecular weight excluding hydrogens is 368 g/mol. The normalized spacial score (nSPS) is 10.2. The van der Waals surface area contributed by atoms with Crippen LogP contribution in [-0.4, -0.2) is 21.8 Å². The summed E-state index contributed by atoms with van der Waals surface area (Å²) in [6.45, 7) is 1.40. The number of hydrogen-bond donors (Lipinski definition) is 3. The molecule has 0 aliphatic heterocycles. The fourth-order valence-corrected chi connectivity index (χ4v) is 2.29. The summed E-state index contributed by atoms with van der Waals surface area (Å²) in [6, 6.07) is 9.98. The van der Waals surface area contributed by atoms with Crippen molar-refractivity contribution < 1.29 is 18.4 Å². The maximum atomic E-state index is 13.6. The highest BCUT2D eigenvalue weighted by atomic mass is 19.1. The number of aromatic nitrogens is 2. The molecule has 0 atom stereocenters. The van der Waals surface area contributed by atoms with Crippen LogP contribution < -0.4 is 16.0 Å². The van der Waals surface area contributed by atoms with Crippen molar-refractivity contribution in [2.75, 3.05) is 16.0 Å². The molecule has 2 aromatic carbocycles. The van der Waals surface area contributed by atoms with Gasteiger partial charge in [-0.25, -0.2) is 18.7 Å². The number of amides is 2. The highest BCUT2D eigenvalue weighted by Crippen LogP contribution is 2.21. The molecule has 2 amide bonds. The summed E-state index contributed by atoms with van der Waals surface area (Å²) in [4.78, 5) is 31.1. The molecule has 0 bridgehead atoms. The third kappa shape index (κ3) is 4.64. The summed E-state index contributed by atoms with van der Waals surface area (Å²) in [6.07, 6.45) is 2.38. The smallest absolute Gasteiger partial charge is 0.275 e. The highest BCUT2D eigenvalue weighted by Gasteiger charge is 2.12. The molecule has 28 heavy (non-hydrogen) atoms. The summed E-state index contributed by atoms with van der Waals surface area (Å²) in [7, 11) is 0. The molecular formula is C19H15F2N5O2. The Morgan fingerprint density at radius 2 is 1.46 bits per heavy atom. The van der Waals surface area contributed by atoms with E-state index in [4.69, 9.17) is 0 Å². The first-order valence-electron chi connectivity index (χ1n) is 8.14. The van der Waals surface area contributed by atoms with E-state index in [1.54, 1.807) is 24.3 Å². The van der Waals surface area contributed by atoms with Gasteiger partial charge in [-0.15, -0.1) is 0 Å². The van der Waals surface area contributed by atoms with Crippen molar-refractivity contribution in [1.82, 2.24) is 9.97 Å². The monoisotopic (exact) mass is 383 g/mol. The van der Waals surface area contributed by atoms with E-state index >= 15 is 0 Å². The second kappa shape index (κ2) is 8.21. The zero-order chi connectivity index (χ0) is 20.1. The SMILES string of the molecule is CC(=O)Nc1ccc(NC(=O)c2cnc(Nc3c(F)cccc3F)cn2)cc1. The number of nitrogens with zero attached hydrogens (tertiary/aromatic N) is 2. The van der Waals surface area contributed by atoms with Gasteiger partial charge < -0.3 is 16.0 Å². The molecule has 0 aliphatic carbocycles. The Morgan fingerprint density at radius 3 is 2.00 bits per heavy atom. The zero-order valence-corrected chi connectivity index (χ0v) is 14.7. The van der Waals surface area contributed by atoms with Gasteiger partial charge in [0.15, 0.2) is 0 Å². The topological polar surface area (TPSA) is 96.0 Å². The molecule has 7 nitrogen and oxygen atoms in total. The van der Waals surface area contributed by atoms with Gasteiger partial charge in [0, 0.05) is 18.3 Å². The Bertz CT molecular complexity index is 988. The van der Waals surface area contributed by atoms with Crippen LogP contribution in [-0.2, 0) is 4.79 Å². The third-order valence-electron chi connectivity index (χ3n) is 3.56. The average Bonchev–Trinajstić information content (AvgIpc) is 2.66. The fourth-order valence-electron chi connectivity index (χ4n) is 2.29. The quantitative estimate of drug-likeness (QED) is 0.624. The minimum atomic E-state index is -0.772. The number of benzene rings is 2. The van der Waals surface area contributed by atoms with E-state index in [0.29, 0.717) is 11.4 Å². The molecule has 0 spiro atoms. The molecule has 1 aromatic heterocycles. The molecule has 0 fully saturated rings. The highest BCUT2D eigenvalue weighted by molar-refractivity contribution is 6.02. The van der Waals surface area contributed by atoms with E-state index in [0.717, 1.165) is 12.1 Å². The van der Waals surface area contributed by atoms with Crippen molar-refractivity contribution >= 4 is 34.7 Å². The van der Waals surface area contributed by atoms with Crippen LogP contribution in [0.1, 0.15) is 17.4 Å². The lowest BCUT2D eigenvalue weighted by atomic mass is 10.2. The molecule has 3 rings (SSSR count). The maximum Gasteiger partial charge on any atom is 0.275 e. The molecule has 1 heterocycles. The van der Waals surface area contributed by atoms with Crippen molar-refractivity contribution in [3.05, 3.63) is 72.2 Å². The van der Waals surface area contributed by atoms with E-state index in [-0.39, 0.29) is 23.1 Å². The van der Waals surface area contributed by atoms with Crippen molar-refractivity contribution in [2.24, 2.45) is 0 Å². The van der Waals surface area contributed by atoms with Crippen LogP contribution >= 0.6 is 0 Å². The largest absolute Gasteiger partial charge is 0.334 e. The molecule has 3 aromatic rings. The number of nitrogens with one attached hydrogen (secondary N) is 3. The molecule has 9 heteroatoms. The lowest BCUT2D eigenvalue weighted by Gasteiger charge is -2.09. The first-order valence-corrected chi connectivity index (χ1v) is 8.14. The summed E-state index contributed by atoms with van der Waals surface area (Å²) >= 11 is 0. The standard InChI is InChI=1S/C19H15F2N5O2/c1-11(27)24-12-5-7-13(8-6-12)25-19(28)16-9-23-17(10-22-16)26-18-14(20)3-2-4-15(18)21/h2-10H,1H3,(H,23,26)(H,24,27)(H,25,28). The van der Waals surface area contributed by atoms with Gasteiger partial charge in [0.25, 0.3) is 5.91 Å². The second-order valence-electron chi connectivity index (χ2n) is 5.72. The molecule has 0 unspecified atom stereocenters. The Balaban J connectivity index is 1.66. The van der Waals surface area contributed by atoms with Gasteiger partial charge in [-0.3, -0.25) is 9.59 Å². The summed E-state index contributed by atoms with van der Waals surface area (Å²) in [5.41, 5.74) is 0.761. The molecule has 0 radical (unpaired) electrons. The molecule has 0 saturated heterocycles. The zero-order valence-electron chi connectivity index (χ0n) is 14.7. The van der Waals surface area contributed by atoms with Crippen LogP contribution in [0.5, 0.6) is 0 Å². The van der Waals surface area contributed by atoms with E-state index in [1.807, 2.05) is 0 Å².